The Hall–Kier alpha value is -3.72. The maximum atomic E-state index is 12.5. The van der Waals surface area contributed by atoms with E-state index in [0.29, 0.717) is 17.1 Å². The Kier molecular flexibility index (Phi) is 4.73. The number of nitrogens with zero attached hydrogens (tertiary/aromatic N) is 4. The summed E-state index contributed by atoms with van der Waals surface area (Å²) in [6.45, 7) is 1.54. The molecule has 0 bridgehead atoms. The quantitative estimate of drug-likeness (QED) is 0.609. The summed E-state index contributed by atoms with van der Waals surface area (Å²) in [5, 5.41) is 21.0. The van der Waals surface area contributed by atoms with Crippen LogP contribution in [0.5, 0.6) is 5.75 Å². The number of β-amino-alcohol motifs (C(OH)–C–C–N with tert-alkyl or cyclic N) is 1. The van der Waals surface area contributed by atoms with E-state index >= 15 is 0 Å². The van der Waals surface area contributed by atoms with Crippen molar-refractivity contribution in [1.82, 2.24) is 19.9 Å². The van der Waals surface area contributed by atoms with Crippen LogP contribution >= 0.6 is 0 Å². The number of aliphatic hydroxyl groups is 1. The minimum atomic E-state index is -0.503. The molecule has 1 aliphatic rings. The molecule has 1 aliphatic heterocycles. The number of rotatable bonds is 6. The first-order valence-corrected chi connectivity index (χ1v) is 8.98. The molecule has 0 spiro atoms. The van der Waals surface area contributed by atoms with Gasteiger partial charge in [0.15, 0.2) is 5.75 Å². The molecule has 0 atom stereocenters. The van der Waals surface area contributed by atoms with Crippen LogP contribution in [0.4, 0.5) is 5.69 Å². The Morgan fingerprint density at radius 1 is 1.14 bits per heavy atom. The van der Waals surface area contributed by atoms with Gasteiger partial charge in [0.2, 0.25) is 0 Å². The highest BCUT2D eigenvalue weighted by Crippen LogP contribution is 2.34. The highest BCUT2D eigenvalue weighted by Gasteiger charge is 2.31. The van der Waals surface area contributed by atoms with Gasteiger partial charge in [0, 0.05) is 6.08 Å². The Morgan fingerprint density at radius 3 is 2.45 bits per heavy atom. The molecule has 148 valence electrons. The summed E-state index contributed by atoms with van der Waals surface area (Å²) in [6, 6.07) is 11.2. The summed E-state index contributed by atoms with van der Waals surface area (Å²) in [5.74, 6) is -0.548. The van der Waals surface area contributed by atoms with Crippen molar-refractivity contribution in [2.24, 2.45) is 0 Å². The van der Waals surface area contributed by atoms with Crippen LogP contribution in [-0.4, -0.2) is 57.1 Å². The maximum Gasteiger partial charge on any atom is 0.277 e. The van der Waals surface area contributed by atoms with E-state index in [-0.39, 0.29) is 18.8 Å². The molecule has 2 heterocycles. The largest absolute Gasteiger partial charge is 0.492 e. The van der Waals surface area contributed by atoms with Crippen molar-refractivity contribution in [2.45, 2.75) is 6.92 Å². The summed E-state index contributed by atoms with van der Waals surface area (Å²) in [6.07, 6.45) is 1.21. The molecule has 29 heavy (non-hydrogen) atoms. The number of benzene rings is 2. The van der Waals surface area contributed by atoms with Crippen molar-refractivity contribution >= 4 is 28.5 Å². The van der Waals surface area contributed by atoms with Gasteiger partial charge in [0.05, 0.1) is 25.9 Å². The van der Waals surface area contributed by atoms with Crippen molar-refractivity contribution in [3.8, 4) is 11.4 Å². The van der Waals surface area contributed by atoms with Gasteiger partial charge in [0.25, 0.3) is 11.8 Å². The zero-order chi connectivity index (χ0) is 20.5. The average molecular weight is 393 g/mol. The Labute approximate surface area is 166 Å². The van der Waals surface area contributed by atoms with E-state index in [0.717, 1.165) is 21.5 Å². The molecule has 4 rings (SSSR count). The van der Waals surface area contributed by atoms with Crippen LogP contribution in [0.15, 0.2) is 48.2 Å². The molecule has 0 radical (unpaired) electrons. The summed E-state index contributed by atoms with van der Waals surface area (Å²) in [4.78, 5) is 26.9. The number of ether oxygens (including phenoxy) is 1. The Balaban J connectivity index is 1.74. The number of hydrogen-bond donors (Lipinski definition) is 2. The third-order valence-corrected chi connectivity index (χ3v) is 4.52. The number of carbonyl (C=O) groups excluding carboxylic acids is 2. The minimum Gasteiger partial charge on any atom is -0.492 e. The van der Waals surface area contributed by atoms with E-state index in [1.807, 2.05) is 37.3 Å². The van der Waals surface area contributed by atoms with Crippen molar-refractivity contribution in [3.05, 3.63) is 53.7 Å². The predicted octanol–water partition coefficient (Wildman–Crippen LogP) is 1.39. The maximum absolute atomic E-state index is 12.5. The molecule has 1 aromatic heterocycles. The molecule has 0 fully saturated rings. The highest BCUT2D eigenvalue weighted by molar-refractivity contribution is 6.17. The number of aliphatic hydroxyl groups excluding tert-OH is 1. The van der Waals surface area contributed by atoms with Gasteiger partial charge in [-0.05, 0) is 36.8 Å². The second-order valence-electron chi connectivity index (χ2n) is 6.54. The molecular formula is C20H19N5O4. The fourth-order valence-corrected chi connectivity index (χ4v) is 3.23. The van der Waals surface area contributed by atoms with Gasteiger partial charge in [-0.1, -0.05) is 12.1 Å². The van der Waals surface area contributed by atoms with Gasteiger partial charge in [-0.25, -0.2) is 0 Å². The molecule has 2 amide bonds. The smallest absolute Gasteiger partial charge is 0.277 e. The second kappa shape index (κ2) is 7.36. The van der Waals surface area contributed by atoms with Gasteiger partial charge < -0.3 is 15.2 Å². The predicted molar refractivity (Wildman–Crippen MR) is 106 cm³/mol. The number of aryl methyl sites for hydroxylation is 1. The summed E-state index contributed by atoms with van der Waals surface area (Å²) >= 11 is 0. The molecule has 3 aromatic rings. The molecular weight excluding hydrogens is 374 g/mol. The van der Waals surface area contributed by atoms with Crippen molar-refractivity contribution in [3.63, 3.8) is 0 Å². The number of amides is 2. The zero-order valence-corrected chi connectivity index (χ0v) is 15.9. The normalized spacial score (nSPS) is 13.9. The van der Waals surface area contributed by atoms with E-state index in [2.05, 4.69) is 15.5 Å². The summed E-state index contributed by atoms with van der Waals surface area (Å²) < 4.78 is 5.59. The van der Waals surface area contributed by atoms with Crippen LogP contribution in [0.3, 0.4) is 0 Å². The van der Waals surface area contributed by atoms with Crippen LogP contribution in [-0.2, 0) is 9.59 Å². The average Bonchev–Trinajstić information content (AvgIpc) is 3.24. The SMILES string of the molecule is COc1c(NC2=CC(=O)N(CCO)C2=O)cc(C)cc1-n1nc2ccccc2n1. The van der Waals surface area contributed by atoms with Crippen LogP contribution in [0, 0.1) is 6.92 Å². The van der Waals surface area contributed by atoms with E-state index < -0.39 is 11.8 Å². The number of nitrogens with one attached hydrogen (secondary N) is 1. The van der Waals surface area contributed by atoms with Crippen LogP contribution in [0.25, 0.3) is 16.7 Å². The van der Waals surface area contributed by atoms with Crippen LogP contribution in [0.1, 0.15) is 5.56 Å². The molecule has 0 aliphatic carbocycles. The molecule has 0 saturated carbocycles. The standard InChI is InChI=1S/C20H19N5O4/c1-12-9-15(21-16-11-18(27)24(7-8-26)20(16)28)19(29-2)17(10-12)25-22-13-5-3-4-6-14(13)23-25/h3-6,9-11,21,26H,7-8H2,1-2H3. The highest BCUT2D eigenvalue weighted by atomic mass is 16.5. The minimum absolute atomic E-state index is 0.0562. The monoisotopic (exact) mass is 393 g/mol. The first kappa shape index (κ1) is 18.6. The van der Waals surface area contributed by atoms with Gasteiger partial charge in [-0.2, -0.15) is 0 Å². The number of anilines is 1. The third kappa shape index (κ3) is 3.32. The fraction of sp³-hybridized carbons (Fsp3) is 0.200. The molecule has 2 N–H and O–H groups in total. The van der Waals surface area contributed by atoms with Crippen LogP contribution < -0.4 is 10.1 Å². The second-order valence-corrected chi connectivity index (χ2v) is 6.54. The first-order valence-electron chi connectivity index (χ1n) is 8.98. The van der Waals surface area contributed by atoms with E-state index in [4.69, 9.17) is 9.84 Å². The lowest BCUT2D eigenvalue weighted by Crippen LogP contribution is -2.34. The first-order chi connectivity index (χ1) is 14.0. The lowest BCUT2D eigenvalue weighted by atomic mass is 10.1. The molecule has 2 aromatic carbocycles. The van der Waals surface area contributed by atoms with Gasteiger partial charge in [-0.3, -0.25) is 14.5 Å². The van der Waals surface area contributed by atoms with Crippen molar-refractivity contribution in [2.75, 3.05) is 25.6 Å². The topological polar surface area (TPSA) is 110 Å². The Morgan fingerprint density at radius 2 is 1.83 bits per heavy atom. The lowest BCUT2D eigenvalue weighted by Gasteiger charge is -2.17. The third-order valence-electron chi connectivity index (χ3n) is 4.52. The number of imide groups is 1. The van der Waals surface area contributed by atoms with Gasteiger partial charge in [0.1, 0.15) is 22.4 Å². The number of aromatic nitrogens is 3. The number of methoxy groups -OCH3 is 1. The summed E-state index contributed by atoms with van der Waals surface area (Å²) in [7, 11) is 1.51. The number of fused-ring (bicyclic) bond motifs is 1. The molecule has 0 saturated heterocycles. The van der Waals surface area contributed by atoms with Crippen molar-refractivity contribution in [1.29, 1.82) is 0 Å². The molecule has 9 nitrogen and oxygen atoms in total. The van der Waals surface area contributed by atoms with Gasteiger partial charge in [-0.15, -0.1) is 15.0 Å². The summed E-state index contributed by atoms with van der Waals surface area (Å²) in [5.41, 5.74) is 3.57. The van der Waals surface area contributed by atoms with E-state index in [1.54, 1.807) is 6.07 Å². The Bertz CT molecular complexity index is 1120. The molecule has 0 unspecified atom stereocenters. The lowest BCUT2D eigenvalue weighted by molar-refractivity contribution is -0.137. The van der Waals surface area contributed by atoms with Crippen LogP contribution in [0.2, 0.25) is 0 Å². The van der Waals surface area contributed by atoms with E-state index in [9.17, 15) is 9.59 Å². The van der Waals surface area contributed by atoms with Gasteiger partial charge >= 0.3 is 0 Å². The number of hydrogen-bond acceptors (Lipinski definition) is 7. The van der Waals surface area contributed by atoms with E-state index in [1.165, 1.54) is 18.0 Å². The number of carbonyl (C=O) groups is 2. The van der Waals surface area contributed by atoms with Crippen molar-refractivity contribution < 1.29 is 19.4 Å². The fourth-order valence-electron chi connectivity index (χ4n) is 3.23. The molecule has 9 heteroatoms. The zero-order valence-electron chi connectivity index (χ0n) is 15.9.